The molecule has 2 rings (SSSR count). The Labute approximate surface area is 111 Å². The van der Waals surface area contributed by atoms with Gasteiger partial charge in [-0.15, -0.1) is 0 Å². The second-order valence-electron chi connectivity index (χ2n) is 5.51. The molecule has 100 valence electrons. The molecule has 0 radical (unpaired) electrons. The monoisotopic (exact) mass is 247 g/mol. The number of nitrogens with zero attached hydrogens (tertiary/aromatic N) is 3. The summed E-state index contributed by atoms with van der Waals surface area (Å²) in [6.07, 6.45) is 6.37. The van der Waals surface area contributed by atoms with Crippen molar-refractivity contribution in [1.29, 1.82) is 0 Å². The quantitative estimate of drug-likeness (QED) is 0.768. The lowest BCUT2D eigenvalue weighted by molar-refractivity contribution is 0.260. The summed E-state index contributed by atoms with van der Waals surface area (Å²) in [5.41, 5.74) is 1.38. The fraction of sp³-hybridized carbons (Fsp3) is 0.667. The minimum Gasteiger partial charge on any atom is -0.306 e. The zero-order valence-electron chi connectivity index (χ0n) is 11.7. The molecule has 18 heavy (non-hydrogen) atoms. The van der Waals surface area contributed by atoms with E-state index in [4.69, 9.17) is 0 Å². The lowest BCUT2D eigenvalue weighted by Crippen LogP contribution is -2.28. The molecule has 0 aliphatic carbocycles. The van der Waals surface area contributed by atoms with Gasteiger partial charge in [-0.3, -0.25) is 9.88 Å². The molecule has 0 spiro atoms. The van der Waals surface area contributed by atoms with E-state index in [1.54, 1.807) is 0 Å². The number of hydrogen-bond acceptors (Lipinski definition) is 3. The van der Waals surface area contributed by atoms with Gasteiger partial charge in [-0.1, -0.05) is 6.92 Å². The summed E-state index contributed by atoms with van der Waals surface area (Å²) in [5, 5.41) is 0. The topological polar surface area (TPSA) is 19.4 Å². The molecule has 3 heteroatoms. The molecule has 1 saturated heterocycles. The molecular formula is C15H25N3. The van der Waals surface area contributed by atoms with Crippen LogP contribution in [0.4, 0.5) is 0 Å². The fourth-order valence-corrected chi connectivity index (χ4v) is 2.87. The highest BCUT2D eigenvalue weighted by Crippen LogP contribution is 2.19. The standard InChI is InChI=1S/C15H25N3/c1-3-9-17(2)11-15-6-10-18(13-15)12-14-4-7-16-8-5-14/h4-5,7-8,15H,3,6,9-13H2,1-2H3/t15-/m0/s1. The first kappa shape index (κ1) is 13.5. The van der Waals surface area contributed by atoms with Crippen LogP contribution >= 0.6 is 0 Å². The third-order valence-corrected chi connectivity index (χ3v) is 3.70. The molecular weight excluding hydrogens is 222 g/mol. The van der Waals surface area contributed by atoms with E-state index < -0.39 is 0 Å². The third kappa shape index (κ3) is 4.07. The molecule has 1 aliphatic rings. The van der Waals surface area contributed by atoms with Crippen LogP contribution < -0.4 is 0 Å². The van der Waals surface area contributed by atoms with Gasteiger partial charge in [0.2, 0.25) is 0 Å². The van der Waals surface area contributed by atoms with Crippen molar-refractivity contribution in [2.45, 2.75) is 26.3 Å². The Balaban J connectivity index is 1.75. The van der Waals surface area contributed by atoms with Crippen LogP contribution in [0.2, 0.25) is 0 Å². The van der Waals surface area contributed by atoms with Crippen LogP contribution in [-0.2, 0) is 6.54 Å². The normalized spacial score (nSPS) is 20.7. The van der Waals surface area contributed by atoms with Crippen LogP contribution in [0.15, 0.2) is 24.5 Å². The van der Waals surface area contributed by atoms with Crippen molar-refractivity contribution in [3.8, 4) is 0 Å². The van der Waals surface area contributed by atoms with Crippen LogP contribution in [0.3, 0.4) is 0 Å². The van der Waals surface area contributed by atoms with Crippen LogP contribution in [0.1, 0.15) is 25.3 Å². The third-order valence-electron chi connectivity index (χ3n) is 3.70. The van der Waals surface area contributed by atoms with E-state index in [0.29, 0.717) is 0 Å². The zero-order valence-corrected chi connectivity index (χ0v) is 11.7. The highest BCUT2D eigenvalue weighted by atomic mass is 15.2. The van der Waals surface area contributed by atoms with Gasteiger partial charge < -0.3 is 4.90 Å². The molecule has 1 atom stereocenters. The number of aromatic nitrogens is 1. The van der Waals surface area contributed by atoms with Crippen molar-refractivity contribution in [2.75, 3.05) is 33.2 Å². The van der Waals surface area contributed by atoms with Gasteiger partial charge in [0, 0.05) is 32.0 Å². The first-order valence-electron chi connectivity index (χ1n) is 7.07. The van der Waals surface area contributed by atoms with Crippen LogP contribution in [0.25, 0.3) is 0 Å². The van der Waals surface area contributed by atoms with Crippen molar-refractivity contribution < 1.29 is 0 Å². The van der Waals surface area contributed by atoms with Gasteiger partial charge in [-0.05, 0) is 56.6 Å². The SMILES string of the molecule is CCCN(C)C[C@@H]1CCN(Cc2ccncc2)C1. The molecule has 1 aliphatic heterocycles. The van der Waals surface area contributed by atoms with Crippen molar-refractivity contribution in [1.82, 2.24) is 14.8 Å². The predicted octanol–water partition coefficient (Wildman–Crippen LogP) is 2.25. The zero-order chi connectivity index (χ0) is 12.8. The summed E-state index contributed by atoms with van der Waals surface area (Å²) in [7, 11) is 2.25. The number of rotatable bonds is 6. The van der Waals surface area contributed by atoms with E-state index >= 15 is 0 Å². The van der Waals surface area contributed by atoms with Crippen molar-refractivity contribution >= 4 is 0 Å². The summed E-state index contributed by atoms with van der Waals surface area (Å²) in [6.45, 7) is 8.29. The molecule has 1 aromatic heterocycles. The molecule has 0 unspecified atom stereocenters. The maximum Gasteiger partial charge on any atom is 0.0271 e. The molecule has 0 N–H and O–H groups in total. The van der Waals surface area contributed by atoms with Crippen LogP contribution in [-0.4, -0.2) is 48.0 Å². The van der Waals surface area contributed by atoms with Gasteiger partial charge in [0.15, 0.2) is 0 Å². The number of pyridine rings is 1. The van der Waals surface area contributed by atoms with E-state index in [1.807, 2.05) is 12.4 Å². The lowest BCUT2D eigenvalue weighted by atomic mass is 10.1. The van der Waals surface area contributed by atoms with E-state index in [-0.39, 0.29) is 0 Å². The molecule has 0 amide bonds. The molecule has 2 heterocycles. The van der Waals surface area contributed by atoms with Crippen LogP contribution in [0, 0.1) is 5.92 Å². The van der Waals surface area contributed by atoms with Gasteiger partial charge in [-0.25, -0.2) is 0 Å². The average molecular weight is 247 g/mol. The molecule has 1 fully saturated rings. The molecule has 0 saturated carbocycles. The maximum atomic E-state index is 4.07. The summed E-state index contributed by atoms with van der Waals surface area (Å²) >= 11 is 0. The van der Waals surface area contributed by atoms with Gasteiger partial charge in [-0.2, -0.15) is 0 Å². The second kappa shape index (κ2) is 6.86. The summed E-state index contributed by atoms with van der Waals surface area (Å²) < 4.78 is 0. The first-order chi connectivity index (χ1) is 8.78. The Hall–Kier alpha value is -0.930. The van der Waals surface area contributed by atoms with Crippen molar-refractivity contribution in [3.63, 3.8) is 0 Å². The minimum atomic E-state index is 0.850. The Morgan fingerprint density at radius 2 is 2.17 bits per heavy atom. The Kier molecular flexibility index (Phi) is 5.14. The van der Waals surface area contributed by atoms with Crippen molar-refractivity contribution in [2.24, 2.45) is 5.92 Å². The Bertz CT molecular complexity index is 339. The van der Waals surface area contributed by atoms with E-state index in [2.05, 4.69) is 40.9 Å². The highest BCUT2D eigenvalue weighted by Gasteiger charge is 2.23. The predicted molar refractivity (Wildman–Crippen MR) is 75.4 cm³/mol. The number of hydrogen-bond donors (Lipinski definition) is 0. The van der Waals surface area contributed by atoms with Gasteiger partial charge in [0.1, 0.15) is 0 Å². The van der Waals surface area contributed by atoms with E-state index in [9.17, 15) is 0 Å². The molecule has 3 nitrogen and oxygen atoms in total. The average Bonchev–Trinajstić information content (AvgIpc) is 2.78. The Morgan fingerprint density at radius 3 is 2.89 bits per heavy atom. The van der Waals surface area contributed by atoms with Gasteiger partial charge in [0.25, 0.3) is 0 Å². The summed E-state index contributed by atoms with van der Waals surface area (Å²) in [5.74, 6) is 0.850. The summed E-state index contributed by atoms with van der Waals surface area (Å²) in [6, 6.07) is 4.24. The minimum absolute atomic E-state index is 0.850. The second-order valence-corrected chi connectivity index (χ2v) is 5.51. The molecule has 0 aromatic carbocycles. The van der Waals surface area contributed by atoms with Crippen molar-refractivity contribution in [3.05, 3.63) is 30.1 Å². The largest absolute Gasteiger partial charge is 0.306 e. The maximum absolute atomic E-state index is 4.07. The lowest BCUT2D eigenvalue weighted by Gasteiger charge is -2.21. The highest BCUT2D eigenvalue weighted by molar-refractivity contribution is 5.09. The van der Waals surface area contributed by atoms with E-state index in [0.717, 1.165) is 12.5 Å². The first-order valence-corrected chi connectivity index (χ1v) is 7.07. The van der Waals surface area contributed by atoms with Crippen LogP contribution in [0.5, 0.6) is 0 Å². The number of likely N-dealkylation sites (tertiary alicyclic amines) is 1. The fourth-order valence-electron chi connectivity index (χ4n) is 2.87. The molecule has 1 aromatic rings. The Morgan fingerprint density at radius 1 is 1.39 bits per heavy atom. The smallest absolute Gasteiger partial charge is 0.0271 e. The molecule has 0 bridgehead atoms. The van der Waals surface area contributed by atoms with Gasteiger partial charge in [0.05, 0.1) is 0 Å². The van der Waals surface area contributed by atoms with Gasteiger partial charge >= 0.3 is 0 Å². The van der Waals surface area contributed by atoms with E-state index in [1.165, 1.54) is 44.6 Å². The summed E-state index contributed by atoms with van der Waals surface area (Å²) in [4.78, 5) is 9.11.